The molecule has 0 heterocycles. The maximum absolute atomic E-state index is 12.1. The molecule has 0 bridgehead atoms. The van der Waals surface area contributed by atoms with Crippen molar-refractivity contribution in [1.29, 1.82) is 0 Å². The molecule has 0 aliphatic rings. The minimum absolute atomic E-state index is 0.215. The first-order valence-electron chi connectivity index (χ1n) is 10.3. The summed E-state index contributed by atoms with van der Waals surface area (Å²) in [6.07, 6.45) is 2.52. The van der Waals surface area contributed by atoms with Crippen LogP contribution in [0.3, 0.4) is 0 Å². The van der Waals surface area contributed by atoms with Crippen LogP contribution in [0.5, 0.6) is 0 Å². The van der Waals surface area contributed by atoms with Crippen molar-refractivity contribution in [1.82, 2.24) is 5.32 Å². The second kappa shape index (κ2) is 12.8. The van der Waals surface area contributed by atoms with Crippen molar-refractivity contribution in [2.24, 2.45) is 0 Å². The van der Waals surface area contributed by atoms with Gasteiger partial charge in [-0.15, -0.1) is 0 Å². The van der Waals surface area contributed by atoms with E-state index in [9.17, 15) is 9.59 Å². The normalized spacial score (nSPS) is 10.5. The lowest BCUT2D eigenvalue weighted by Crippen LogP contribution is -2.34. The Kier molecular flexibility index (Phi) is 10.0. The van der Waals surface area contributed by atoms with Crippen molar-refractivity contribution in [3.8, 4) is 0 Å². The zero-order chi connectivity index (χ0) is 21.8. The van der Waals surface area contributed by atoms with Gasteiger partial charge in [0.25, 0.3) is 0 Å². The fraction of sp³-hybridized carbons (Fsp3) is 0.375. The number of rotatable bonds is 10. The number of carbonyl (C=O) groups excluding carboxylic acids is 2. The van der Waals surface area contributed by atoms with Crippen molar-refractivity contribution < 1.29 is 14.3 Å². The van der Waals surface area contributed by atoms with Gasteiger partial charge in [-0.3, -0.25) is 9.59 Å². The largest absolute Gasteiger partial charge is 0.466 e. The first-order valence-corrected chi connectivity index (χ1v) is 10.8. The summed E-state index contributed by atoms with van der Waals surface area (Å²) in [5.74, 6) is -0.153. The molecule has 0 radical (unpaired) electrons. The summed E-state index contributed by atoms with van der Waals surface area (Å²) in [5.41, 5.74) is 3.24. The number of thiocarbonyl (C=S) groups is 1. The summed E-state index contributed by atoms with van der Waals surface area (Å²) >= 11 is 5.24. The van der Waals surface area contributed by atoms with Crippen LogP contribution >= 0.6 is 12.2 Å². The van der Waals surface area contributed by atoms with Crippen LogP contribution in [0.1, 0.15) is 56.6 Å². The highest BCUT2D eigenvalue weighted by Gasteiger charge is 2.10. The monoisotopic (exact) mass is 426 g/mol. The molecule has 0 spiro atoms. The predicted molar refractivity (Wildman–Crippen MR) is 124 cm³/mol. The molecule has 0 aliphatic carbocycles. The quantitative estimate of drug-likeness (QED) is 0.319. The molecule has 30 heavy (non-hydrogen) atoms. The van der Waals surface area contributed by atoms with Crippen molar-refractivity contribution in [2.45, 2.75) is 51.9 Å². The molecule has 0 unspecified atom stereocenters. The smallest absolute Gasteiger partial charge is 0.305 e. The molecule has 2 N–H and O–H groups in total. The molecule has 2 rings (SSSR count). The topological polar surface area (TPSA) is 67.4 Å². The average Bonchev–Trinajstić information content (AvgIpc) is 2.72. The lowest BCUT2D eigenvalue weighted by Gasteiger charge is -2.15. The van der Waals surface area contributed by atoms with E-state index in [0.29, 0.717) is 18.9 Å². The highest BCUT2D eigenvalue weighted by molar-refractivity contribution is 7.80. The SMILES string of the molecule is CC(C)c1ccccc1NC(=S)NC(=O)CCCC(=O)OCCCc1ccccc1. The maximum Gasteiger partial charge on any atom is 0.305 e. The Bertz CT molecular complexity index is 837. The van der Waals surface area contributed by atoms with Crippen molar-refractivity contribution in [3.05, 3.63) is 65.7 Å². The van der Waals surface area contributed by atoms with Gasteiger partial charge in [-0.05, 0) is 54.6 Å². The van der Waals surface area contributed by atoms with Crippen LogP contribution in [0, 0.1) is 0 Å². The van der Waals surface area contributed by atoms with E-state index >= 15 is 0 Å². The van der Waals surface area contributed by atoms with Crippen LogP contribution in [0.4, 0.5) is 5.69 Å². The molecule has 0 fully saturated rings. The van der Waals surface area contributed by atoms with Crippen LogP contribution in [0.15, 0.2) is 54.6 Å². The fourth-order valence-electron chi connectivity index (χ4n) is 3.03. The molecule has 1 amide bonds. The molecule has 6 heteroatoms. The molecule has 5 nitrogen and oxygen atoms in total. The Balaban J connectivity index is 1.60. The highest BCUT2D eigenvalue weighted by Crippen LogP contribution is 2.23. The van der Waals surface area contributed by atoms with Gasteiger partial charge in [-0.1, -0.05) is 62.4 Å². The molecule has 0 atom stereocenters. The summed E-state index contributed by atoms with van der Waals surface area (Å²) in [6.45, 7) is 4.59. The number of carbonyl (C=O) groups is 2. The van der Waals surface area contributed by atoms with Crippen molar-refractivity contribution >= 4 is 34.9 Å². The van der Waals surface area contributed by atoms with Crippen LogP contribution in [0.2, 0.25) is 0 Å². The van der Waals surface area contributed by atoms with E-state index in [1.807, 2.05) is 42.5 Å². The molecular weight excluding hydrogens is 396 g/mol. The summed E-state index contributed by atoms with van der Waals surface area (Å²) < 4.78 is 5.23. The average molecular weight is 427 g/mol. The van der Waals surface area contributed by atoms with Gasteiger partial charge in [-0.2, -0.15) is 0 Å². The second-order valence-electron chi connectivity index (χ2n) is 7.41. The minimum Gasteiger partial charge on any atom is -0.466 e. The van der Waals surface area contributed by atoms with Gasteiger partial charge in [0.1, 0.15) is 0 Å². The van der Waals surface area contributed by atoms with Gasteiger partial charge in [0.05, 0.1) is 6.61 Å². The lowest BCUT2D eigenvalue weighted by atomic mass is 10.0. The van der Waals surface area contributed by atoms with E-state index < -0.39 is 0 Å². The molecule has 0 aromatic heterocycles. The standard InChI is InChI=1S/C24H30N2O3S/c1-18(2)20-13-6-7-14-21(20)25-24(30)26-22(27)15-8-16-23(28)29-17-9-12-19-10-4-3-5-11-19/h3-7,10-11,13-14,18H,8-9,12,15-17H2,1-2H3,(H2,25,26,27,30). The number of para-hydroxylation sites is 1. The van der Waals surface area contributed by atoms with Gasteiger partial charge in [-0.25, -0.2) is 0 Å². The summed E-state index contributed by atoms with van der Waals surface area (Å²) in [5, 5.41) is 6.01. The van der Waals surface area contributed by atoms with Crippen LogP contribution in [0.25, 0.3) is 0 Å². The van der Waals surface area contributed by atoms with Crippen LogP contribution in [-0.4, -0.2) is 23.6 Å². The molecule has 0 aliphatic heterocycles. The number of ether oxygens (including phenoxy) is 1. The first kappa shape index (κ1) is 23.5. The summed E-state index contributed by atoms with van der Waals surface area (Å²) in [4.78, 5) is 23.9. The number of hydrogen-bond donors (Lipinski definition) is 2. The van der Waals surface area contributed by atoms with E-state index in [1.54, 1.807) is 0 Å². The maximum atomic E-state index is 12.1. The molecule has 2 aromatic carbocycles. The number of esters is 1. The molecule has 2 aromatic rings. The minimum atomic E-state index is -0.276. The number of benzene rings is 2. The third kappa shape index (κ3) is 8.74. The van der Waals surface area contributed by atoms with Crippen molar-refractivity contribution in [3.63, 3.8) is 0 Å². The Labute approximate surface area is 184 Å². The van der Waals surface area contributed by atoms with E-state index in [4.69, 9.17) is 17.0 Å². The molecule has 0 saturated heterocycles. The van der Waals surface area contributed by atoms with E-state index in [2.05, 4.69) is 36.6 Å². The third-order valence-corrected chi connectivity index (χ3v) is 4.79. The number of aryl methyl sites for hydroxylation is 1. The van der Waals surface area contributed by atoms with E-state index in [0.717, 1.165) is 24.1 Å². The van der Waals surface area contributed by atoms with E-state index in [1.165, 1.54) is 5.56 Å². The Morgan fingerprint density at radius 1 is 0.967 bits per heavy atom. The van der Waals surface area contributed by atoms with Crippen LogP contribution < -0.4 is 10.6 Å². The molecular formula is C24H30N2O3S. The number of hydrogen-bond acceptors (Lipinski definition) is 4. The zero-order valence-electron chi connectivity index (χ0n) is 17.6. The Morgan fingerprint density at radius 2 is 1.67 bits per heavy atom. The summed E-state index contributed by atoms with van der Waals surface area (Å²) in [7, 11) is 0. The van der Waals surface area contributed by atoms with Gasteiger partial charge >= 0.3 is 5.97 Å². The van der Waals surface area contributed by atoms with Gasteiger partial charge in [0.2, 0.25) is 5.91 Å². The molecule has 0 saturated carbocycles. The molecule has 160 valence electrons. The number of nitrogens with one attached hydrogen (secondary N) is 2. The Morgan fingerprint density at radius 3 is 2.40 bits per heavy atom. The van der Waals surface area contributed by atoms with E-state index in [-0.39, 0.29) is 29.8 Å². The lowest BCUT2D eigenvalue weighted by molar-refractivity contribution is -0.143. The Hall–Kier alpha value is -2.73. The van der Waals surface area contributed by atoms with Gasteiger partial charge in [0.15, 0.2) is 5.11 Å². The second-order valence-corrected chi connectivity index (χ2v) is 7.82. The summed E-state index contributed by atoms with van der Waals surface area (Å²) in [6, 6.07) is 17.9. The van der Waals surface area contributed by atoms with Gasteiger partial charge < -0.3 is 15.4 Å². The van der Waals surface area contributed by atoms with Gasteiger partial charge in [0, 0.05) is 18.5 Å². The fourth-order valence-corrected chi connectivity index (χ4v) is 3.25. The number of anilines is 1. The predicted octanol–water partition coefficient (Wildman–Crippen LogP) is 4.97. The first-order chi connectivity index (χ1) is 14.5. The van der Waals surface area contributed by atoms with Crippen molar-refractivity contribution in [2.75, 3.05) is 11.9 Å². The zero-order valence-corrected chi connectivity index (χ0v) is 18.5. The van der Waals surface area contributed by atoms with Crippen LogP contribution in [-0.2, 0) is 20.7 Å². The number of amides is 1. The third-order valence-electron chi connectivity index (χ3n) is 4.58. The highest BCUT2D eigenvalue weighted by atomic mass is 32.1.